The monoisotopic (exact) mass is 483 g/mol. The molecule has 0 saturated carbocycles. The van der Waals surface area contributed by atoms with E-state index in [-0.39, 0.29) is 5.97 Å². The van der Waals surface area contributed by atoms with E-state index in [4.69, 9.17) is 14.2 Å². The summed E-state index contributed by atoms with van der Waals surface area (Å²) in [6, 6.07) is 19.4. The van der Waals surface area contributed by atoms with E-state index < -0.39 is 0 Å². The first-order valence-electron chi connectivity index (χ1n) is 10.1. The van der Waals surface area contributed by atoms with E-state index in [2.05, 4.69) is 52.4 Å². The third kappa shape index (κ3) is 6.25. The van der Waals surface area contributed by atoms with Gasteiger partial charge in [0.2, 0.25) is 0 Å². The van der Waals surface area contributed by atoms with Crippen LogP contribution in [0.25, 0.3) is 0 Å². The summed E-state index contributed by atoms with van der Waals surface area (Å²) >= 11 is 3.61. The largest absolute Gasteiger partial charge is 0.493 e. The van der Waals surface area contributed by atoms with Crippen LogP contribution in [-0.4, -0.2) is 19.7 Å². The zero-order valence-corrected chi connectivity index (χ0v) is 19.5. The summed E-state index contributed by atoms with van der Waals surface area (Å²) in [7, 11) is 1.63. The van der Waals surface area contributed by atoms with Crippen molar-refractivity contribution in [1.29, 1.82) is 0 Å². The van der Waals surface area contributed by atoms with Crippen LogP contribution in [0.15, 0.2) is 65.1 Å². The molecule has 0 spiro atoms. The molecule has 162 valence electrons. The Balaban J connectivity index is 1.65. The molecule has 0 amide bonds. The van der Waals surface area contributed by atoms with Gasteiger partial charge >= 0.3 is 5.97 Å². The molecule has 0 aliphatic rings. The molecule has 3 aromatic rings. The number of anilines is 1. The predicted octanol–water partition coefficient (Wildman–Crippen LogP) is 6.13. The van der Waals surface area contributed by atoms with Crippen LogP contribution in [0.5, 0.6) is 11.5 Å². The van der Waals surface area contributed by atoms with Crippen molar-refractivity contribution in [2.24, 2.45) is 0 Å². The minimum absolute atomic E-state index is 0.316. The number of hydrogen-bond acceptors (Lipinski definition) is 5. The van der Waals surface area contributed by atoms with Gasteiger partial charge in [0.15, 0.2) is 11.5 Å². The maximum atomic E-state index is 11.8. The molecule has 0 atom stereocenters. The Kier molecular flexibility index (Phi) is 7.95. The van der Waals surface area contributed by atoms with Gasteiger partial charge in [0.1, 0.15) is 6.61 Å². The summed E-state index contributed by atoms with van der Waals surface area (Å²) in [5.74, 6) is 1.02. The van der Waals surface area contributed by atoms with Crippen LogP contribution in [0.2, 0.25) is 0 Å². The molecule has 0 unspecified atom stereocenters. The normalized spacial score (nSPS) is 10.5. The average molecular weight is 484 g/mol. The van der Waals surface area contributed by atoms with Crippen LogP contribution in [-0.2, 0) is 17.9 Å². The smallest absolute Gasteiger partial charge is 0.338 e. The quantitative estimate of drug-likeness (QED) is 0.370. The van der Waals surface area contributed by atoms with Crippen molar-refractivity contribution in [1.82, 2.24) is 0 Å². The summed E-state index contributed by atoms with van der Waals surface area (Å²) in [5.41, 5.74) is 4.78. The molecular formula is C25H26BrNO4. The van der Waals surface area contributed by atoms with Crippen LogP contribution in [0.4, 0.5) is 5.69 Å². The Labute approximate surface area is 191 Å². The topological polar surface area (TPSA) is 56.8 Å². The number of nitrogens with one attached hydrogen (secondary N) is 1. The molecular weight excluding hydrogens is 458 g/mol. The maximum Gasteiger partial charge on any atom is 0.338 e. The highest BCUT2D eigenvalue weighted by Gasteiger charge is 2.12. The second kappa shape index (κ2) is 10.9. The predicted molar refractivity (Wildman–Crippen MR) is 126 cm³/mol. The van der Waals surface area contributed by atoms with Gasteiger partial charge in [-0.05, 0) is 77.3 Å². The highest BCUT2D eigenvalue weighted by Crippen LogP contribution is 2.37. The van der Waals surface area contributed by atoms with Gasteiger partial charge in [-0.2, -0.15) is 0 Å². The summed E-state index contributed by atoms with van der Waals surface area (Å²) in [4.78, 5) is 11.8. The van der Waals surface area contributed by atoms with Gasteiger partial charge in [0, 0.05) is 12.2 Å². The Morgan fingerprint density at radius 2 is 1.71 bits per heavy atom. The molecule has 0 radical (unpaired) electrons. The lowest BCUT2D eigenvalue weighted by Crippen LogP contribution is -2.05. The fourth-order valence-corrected chi connectivity index (χ4v) is 3.60. The Hall–Kier alpha value is -2.99. The lowest BCUT2D eigenvalue weighted by molar-refractivity contribution is 0.0526. The van der Waals surface area contributed by atoms with Gasteiger partial charge in [0.25, 0.3) is 0 Å². The van der Waals surface area contributed by atoms with E-state index in [1.165, 1.54) is 5.56 Å². The second-order valence-corrected chi connectivity index (χ2v) is 7.89. The minimum atomic E-state index is -0.316. The van der Waals surface area contributed by atoms with E-state index >= 15 is 0 Å². The number of ether oxygens (including phenoxy) is 3. The van der Waals surface area contributed by atoms with Crippen molar-refractivity contribution in [2.75, 3.05) is 19.0 Å². The van der Waals surface area contributed by atoms with Gasteiger partial charge in [-0.3, -0.25) is 0 Å². The van der Waals surface area contributed by atoms with Gasteiger partial charge in [0.05, 0.1) is 23.8 Å². The van der Waals surface area contributed by atoms with Crippen LogP contribution in [0.3, 0.4) is 0 Å². The van der Waals surface area contributed by atoms with E-state index in [1.807, 2.05) is 24.3 Å². The third-order valence-corrected chi connectivity index (χ3v) is 5.27. The zero-order valence-electron chi connectivity index (χ0n) is 17.9. The maximum absolute atomic E-state index is 11.8. The van der Waals surface area contributed by atoms with Crippen molar-refractivity contribution in [2.45, 2.75) is 27.0 Å². The zero-order chi connectivity index (χ0) is 22.2. The molecule has 3 aromatic carbocycles. The molecule has 0 aliphatic heterocycles. The number of methoxy groups -OCH3 is 1. The van der Waals surface area contributed by atoms with Crippen molar-refractivity contribution >= 4 is 27.6 Å². The molecule has 0 aliphatic carbocycles. The lowest BCUT2D eigenvalue weighted by atomic mass is 10.1. The van der Waals surface area contributed by atoms with Crippen LogP contribution < -0.4 is 14.8 Å². The van der Waals surface area contributed by atoms with E-state index in [9.17, 15) is 4.79 Å². The lowest BCUT2D eigenvalue weighted by Gasteiger charge is -2.15. The Bertz CT molecular complexity index is 1020. The van der Waals surface area contributed by atoms with E-state index in [1.54, 1.807) is 26.2 Å². The number of rotatable bonds is 9. The summed E-state index contributed by atoms with van der Waals surface area (Å²) < 4.78 is 17.4. The SMILES string of the molecule is CCOC(=O)c1ccc(NCc2cc(Br)c(OCc3ccc(C)cc3)c(OC)c2)cc1. The Morgan fingerprint density at radius 1 is 1.00 bits per heavy atom. The Morgan fingerprint density at radius 3 is 2.35 bits per heavy atom. The number of carbonyl (C=O) groups excluding carboxylic acids is 1. The first-order valence-corrected chi connectivity index (χ1v) is 10.8. The fourth-order valence-electron chi connectivity index (χ4n) is 3.00. The second-order valence-electron chi connectivity index (χ2n) is 7.03. The molecule has 0 heterocycles. The molecule has 3 rings (SSSR count). The number of halogens is 1. The number of benzene rings is 3. The summed E-state index contributed by atoms with van der Waals surface area (Å²) in [5, 5.41) is 3.35. The van der Waals surface area contributed by atoms with Gasteiger partial charge < -0.3 is 19.5 Å². The first kappa shape index (κ1) is 22.7. The molecule has 0 bridgehead atoms. The molecule has 0 fully saturated rings. The molecule has 1 N–H and O–H groups in total. The molecule has 6 heteroatoms. The van der Waals surface area contributed by atoms with Gasteiger partial charge in [-0.25, -0.2) is 4.79 Å². The molecule has 0 saturated heterocycles. The number of carbonyl (C=O) groups is 1. The minimum Gasteiger partial charge on any atom is -0.493 e. The van der Waals surface area contributed by atoms with Crippen molar-refractivity contribution in [3.63, 3.8) is 0 Å². The molecule has 5 nitrogen and oxygen atoms in total. The standard InChI is InChI=1S/C25H26BrNO4/c1-4-30-25(28)20-9-11-21(12-10-20)27-15-19-13-22(26)24(23(14-19)29-3)31-16-18-7-5-17(2)6-8-18/h5-14,27H,4,15-16H2,1-3H3. The summed E-state index contributed by atoms with van der Waals surface area (Å²) in [6.07, 6.45) is 0. The van der Waals surface area contributed by atoms with Crippen LogP contribution in [0.1, 0.15) is 34.0 Å². The van der Waals surface area contributed by atoms with Crippen molar-refractivity contribution in [3.8, 4) is 11.5 Å². The van der Waals surface area contributed by atoms with Crippen LogP contribution in [0, 0.1) is 6.92 Å². The highest BCUT2D eigenvalue weighted by molar-refractivity contribution is 9.10. The van der Waals surface area contributed by atoms with Gasteiger partial charge in [-0.1, -0.05) is 29.8 Å². The summed E-state index contributed by atoms with van der Waals surface area (Å²) in [6.45, 7) is 5.26. The van der Waals surface area contributed by atoms with Crippen LogP contribution >= 0.6 is 15.9 Å². The van der Waals surface area contributed by atoms with Crippen molar-refractivity contribution < 1.29 is 19.0 Å². The van der Waals surface area contributed by atoms with E-state index in [0.717, 1.165) is 21.3 Å². The highest BCUT2D eigenvalue weighted by atomic mass is 79.9. The van der Waals surface area contributed by atoms with Gasteiger partial charge in [-0.15, -0.1) is 0 Å². The number of hydrogen-bond donors (Lipinski definition) is 1. The number of esters is 1. The number of aryl methyl sites for hydroxylation is 1. The van der Waals surface area contributed by atoms with E-state index in [0.29, 0.717) is 36.8 Å². The fraction of sp³-hybridized carbons (Fsp3) is 0.240. The first-order chi connectivity index (χ1) is 15.0. The average Bonchev–Trinajstić information content (AvgIpc) is 2.78. The molecule has 31 heavy (non-hydrogen) atoms. The third-order valence-electron chi connectivity index (χ3n) is 4.69. The molecule has 0 aromatic heterocycles. The van der Waals surface area contributed by atoms with Crippen molar-refractivity contribution in [3.05, 3.63) is 87.4 Å².